The fourth-order valence-electron chi connectivity index (χ4n) is 1.66. The van der Waals surface area contributed by atoms with Gasteiger partial charge in [-0.3, -0.25) is 0 Å². The molecule has 0 bridgehead atoms. The number of benzene rings is 1. The summed E-state index contributed by atoms with van der Waals surface area (Å²) in [6, 6.07) is 11.0. The van der Waals surface area contributed by atoms with E-state index < -0.39 is 0 Å². The summed E-state index contributed by atoms with van der Waals surface area (Å²) in [6.45, 7) is 2.39. The molecule has 18 heavy (non-hydrogen) atoms. The van der Waals surface area contributed by atoms with Crippen molar-refractivity contribution in [2.24, 2.45) is 5.73 Å². The fourth-order valence-corrected chi connectivity index (χ4v) is 1.66. The maximum atomic E-state index is 8.96. The van der Waals surface area contributed by atoms with Crippen LogP contribution in [0.4, 0.5) is 0 Å². The van der Waals surface area contributed by atoms with Gasteiger partial charge in [0.15, 0.2) is 0 Å². The molecular weight excluding hydrogens is 228 g/mol. The Morgan fingerprint density at radius 3 is 2.50 bits per heavy atom. The number of pyridine rings is 1. The predicted octanol–water partition coefficient (Wildman–Crippen LogP) is 2.13. The van der Waals surface area contributed by atoms with E-state index in [4.69, 9.17) is 15.6 Å². The number of hydrogen-bond donors (Lipinski definition) is 2. The average Bonchev–Trinajstić information content (AvgIpc) is 2.39. The van der Waals surface area contributed by atoms with E-state index in [-0.39, 0.29) is 6.61 Å². The number of ether oxygens (including phenoxy) is 1. The highest BCUT2D eigenvalue weighted by molar-refractivity contribution is 5.32. The lowest BCUT2D eigenvalue weighted by Gasteiger charge is -2.08. The monoisotopic (exact) mass is 244 g/mol. The van der Waals surface area contributed by atoms with Crippen LogP contribution in [0.2, 0.25) is 0 Å². The van der Waals surface area contributed by atoms with Crippen molar-refractivity contribution in [2.45, 2.75) is 20.1 Å². The lowest BCUT2D eigenvalue weighted by atomic mass is 10.2. The van der Waals surface area contributed by atoms with Crippen LogP contribution in [0, 0.1) is 6.92 Å². The summed E-state index contributed by atoms with van der Waals surface area (Å²) >= 11 is 0. The minimum absolute atomic E-state index is 0.0281. The quantitative estimate of drug-likeness (QED) is 0.864. The molecule has 1 aromatic carbocycles. The largest absolute Gasteiger partial charge is 0.439 e. The van der Waals surface area contributed by atoms with Crippen LogP contribution in [0.3, 0.4) is 0 Å². The van der Waals surface area contributed by atoms with Gasteiger partial charge in [0, 0.05) is 18.3 Å². The third kappa shape index (κ3) is 3.06. The highest BCUT2D eigenvalue weighted by Gasteiger charge is 2.02. The first kappa shape index (κ1) is 12.5. The zero-order chi connectivity index (χ0) is 13.0. The summed E-state index contributed by atoms with van der Waals surface area (Å²) in [6.07, 6.45) is 0. The molecule has 0 spiro atoms. The van der Waals surface area contributed by atoms with Crippen molar-refractivity contribution < 1.29 is 9.84 Å². The Bertz CT molecular complexity index is 524. The molecule has 4 heteroatoms. The van der Waals surface area contributed by atoms with Crippen LogP contribution >= 0.6 is 0 Å². The van der Waals surface area contributed by atoms with Gasteiger partial charge >= 0.3 is 0 Å². The second-order valence-electron chi connectivity index (χ2n) is 4.06. The van der Waals surface area contributed by atoms with Crippen LogP contribution in [0.25, 0.3) is 0 Å². The number of aliphatic hydroxyl groups excluding tert-OH is 1. The Morgan fingerprint density at radius 2 is 1.89 bits per heavy atom. The minimum atomic E-state index is 0.0281. The number of rotatable bonds is 4. The first-order valence-electron chi connectivity index (χ1n) is 5.76. The van der Waals surface area contributed by atoms with Crippen molar-refractivity contribution in [3.8, 4) is 11.6 Å². The van der Waals surface area contributed by atoms with E-state index in [1.54, 1.807) is 12.1 Å². The zero-order valence-electron chi connectivity index (χ0n) is 10.3. The molecular formula is C14H16N2O2. The molecule has 94 valence electrons. The van der Waals surface area contributed by atoms with Crippen LogP contribution in [0.1, 0.15) is 16.8 Å². The van der Waals surface area contributed by atoms with E-state index in [0.717, 1.165) is 16.8 Å². The molecule has 4 nitrogen and oxygen atoms in total. The summed E-state index contributed by atoms with van der Waals surface area (Å²) < 4.78 is 5.65. The van der Waals surface area contributed by atoms with Gasteiger partial charge in [0.1, 0.15) is 5.75 Å². The van der Waals surface area contributed by atoms with Crippen molar-refractivity contribution in [1.29, 1.82) is 0 Å². The van der Waals surface area contributed by atoms with Gasteiger partial charge in [-0.05, 0) is 36.2 Å². The van der Waals surface area contributed by atoms with E-state index in [0.29, 0.717) is 18.2 Å². The van der Waals surface area contributed by atoms with Crippen molar-refractivity contribution in [2.75, 3.05) is 0 Å². The lowest BCUT2D eigenvalue weighted by Crippen LogP contribution is -1.99. The number of nitrogens with zero attached hydrogens (tertiary/aromatic N) is 1. The van der Waals surface area contributed by atoms with Crippen LogP contribution in [0.15, 0.2) is 36.4 Å². The molecule has 0 saturated carbocycles. The summed E-state index contributed by atoms with van der Waals surface area (Å²) in [7, 11) is 0. The van der Waals surface area contributed by atoms with Gasteiger partial charge in [0.2, 0.25) is 5.88 Å². The molecule has 0 aliphatic carbocycles. The van der Waals surface area contributed by atoms with Crippen molar-refractivity contribution >= 4 is 0 Å². The Balaban J connectivity index is 2.19. The van der Waals surface area contributed by atoms with Gasteiger partial charge in [-0.1, -0.05) is 12.1 Å². The maximum Gasteiger partial charge on any atom is 0.219 e. The maximum absolute atomic E-state index is 8.96. The Hall–Kier alpha value is -1.91. The summed E-state index contributed by atoms with van der Waals surface area (Å²) in [5.74, 6) is 1.22. The second-order valence-corrected chi connectivity index (χ2v) is 4.06. The highest BCUT2D eigenvalue weighted by atomic mass is 16.5. The predicted molar refractivity (Wildman–Crippen MR) is 69.3 cm³/mol. The molecule has 0 amide bonds. The smallest absolute Gasteiger partial charge is 0.219 e. The molecule has 0 saturated heterocycles. The average molecular weight is 244 g/mol. The van der Waals surface area contributed by atoms with E-state index in [9.17, 15) is 0 Å². The molecule has 0 atom stereocenters. The Kier molecular flexibility index (Phi) is 3.92. The van der Waals surface area contributed by atoms with Crippen LogP contribution in [0.5, 0.6) is 11.6 Å². The van der Waals surface area contributed by atoms with Gasteiger partial charge in [0.05, 0.1) is 6.61 Å². The SMILES string of the molecule is Cc1cc(CN)cc(Oc2ccc(CO)cc2)n1. The van der Waals surface area contributed by atoms with Crippen molar-refractivity contribution in [3.63, 3.8) is 0 Å². The highest BCUT2D eigenvalue weighted by Crippen LogP contribution is 2.21. The van der Waals surface area contributed by atoms with E-state index in [2.05, 4.69) is 4.98 Å². The number of aliphatic hydroxyl groups is 1. The van der Waals surface area contributed by atoms with Gasteiger partial charge < -0.3 is 15.6 Å². The minimum Gasteiger partial charge on any atom is -0.439 e. The molecule has 2 aromatic rings. The molecule has 0 aliphatic heterocycles. The van der Waals surface area contributed by atoms with Gasteiger partial charge in [-0.2, -0.15) is 0 Å². The normalized spacial score (nSPS) is 10.4. The zero-order valence-corrected chi connectivity index (χ0v) is 10.3. The number of hydrogen-bond acceptors (Lipinski definition) is 4. The van der Waals surface area contributed by atoms with Gasteiger partial charge in [0.25, 0.3) is 0 Å². The molecule has 2 rings (SSSR count). The Labute approximate surface area is 106 Å². The molecule has 1 heterocycles. The number of nitrogens with two attached hydrogens (primary N) is 1. The lowest BCUT2D eigenvalue weighted by molar-refractivity contribution is 0.281. The van der Waals surface area contributed by atoms with Gasteiger partial charge in [-0.15, -0.1) is 0 Å². The molecule has 0 fully saturated rings. The molecule has 0 radical (unpaired) electrons. The third-order valence-electron chi connectivity index (χ3n) is 2.55. The molecule has 0 aliphatic rings. The van der Waals surface area contributed by atoms with Crippen LogP contribution in [-0.4, -0.2) is 10.1 Å². The first-order valence-corrected chi connectivity index (χ1v) is 5.76. The second kappa shape index (κ2) is 5.62. The molecule has 1 aromatic heterocycles. The van der Waals surface area contributed by atoms with Gasteiger partial charge in [-0.25, -0.2) is 4.98 Å². The fraction of sp³-hybridized carbons (Fsp3) is 0.214. The van der Waals surface area contributed by atoms with Crippen molar-refractivity contribution in [3.05, 3.63) is 53.2 Å². The number of aromatic nitrogens is 1. The third-order valence-corrected chi connectivity index (χ3v) is 2.55. The molecule has 0 unspecified atom stereocenters. The summed E-state index contributed by atoms with van der Waals surface area (Å²) in [5.41, 5.74) is 8.32. The van der Waals surface area contributed by atoms with E-state index in [1.807, 2.05) is 31.2 Å². The van der Waals surface area contributed by atoms with E-state index >= 15 is 0 Å². The summed E-state index contributed by atoms with van der Waals surface area (Å²) in [4.78, 5) is 4.29. The van der Waals surface area contributed by atoms with Crippen LogP contribution in [-0.2, 0) is 13.2 Å². The Morgan fingerprint density at radius 1 is 1.17 bits per heavy atom. The van der Waals surface area contributed by atoms with Crippen molar-refractivity contribution in [1.82, 2.24) is 4.98 Å². The van der Waals surface area contributed by atoms with Crippen LogP contribution < -0.4 is 10.5 Å². The summed E-state index contributed by atoms with van der Waals surface area (Å²) in [5, 5.41) is 8.96. The topological polar surface area (TPSA) is 68.4 Å². The molecule has 3 N–H and O–H groups in total. The standard InChI is InChI=1S/C14H16N2O2/c1-10-6-12(8-15)7-14(16-10)18-13-4-2-11(9-17)3-5-13/h2-7,17H,8-9,15H2,1H3. The van der Waals surface area contributed by atoms with E-state index in [1.165, 1.54) is 0 Å². The number of aryl methyl sites for hydroxylation is 1. The first-order chi connectivity index (χ1) is 8.71.